The van der Waals surface area contributed by atoms with E-state index >= 15 is 0 Å². The SMILES string of the molecule is Cc1cc(N)c2c(n1)NON2C(=O)O. The van der Waals surface area contributed by atoms with E-state index in [4.69, 9.17) is 10.8 Å². The summed E-state index contributed by atoms with van der Waals surface area (Å²) >= 11 is 0. The van der Waals surface area contributed by atoms with E-state index in [0.29, 0.717) is 22.3 Å². The molecule has 0 spiro atoms. The second kappa shape index (κ2) is 2.74. The predicted octanol–water partition coefficient (Wildman–Crippen LogP) is 0.729. The third-order valence-electron chi connectivity index (χ3n) is 1.76. The topological polar surface area (TPSA) is 101 Å². The number of nitrogens with two attached hydrogens (primary N) is 1. The summed E-state index contributed by atoms with van der Waals surface area (Å²) in [6, 6.07) is 1.57. The van der Waals surface area contributed by atoms with Gasteiger partial charge in [0.15, 0.2) is 5.82 Å². The number of nitrogens with one attached hydrogen (secondary N) is 1. The first-order chi connectivity index (χ1) is 6.59. The number of aromatic nitrogens is 1. The maximum Gasteiger partial charge on any atom is 0.438 e. The molecule has 14 heavy (non-hydrogen) atoms. The third kappa shape index (κ3) is 1.11. The van der Waals surface area contributed by atoms with Gasteiger partial charge < -0.3 is 10.8 Å². The lowest BCUT2D eigenvalue weighted by atomic mass is 10.3. The van der Waals surface area contributed by atoms with Gasteiger partial charge in [-0.3, -0.25) is 0 Å². The lowest BCUT2D eigenvalue weighted by molar-refractivity contribution is 0.137. The highest BCUT2D eigenvalue weighted by Gasteiger charge is 2.30. The van der Waals surface area contributed by atoms with Crippen molar-refractivity contribution in [3.8, 4) is 0 Å². The molecular formula is C7H8N4O3. The minimum atomic E-state index is -1.26. The lowest BCUT2D eigenvalue weighted by Crippen LogP contribution is -2.26. The van der Waals surface area contributed by atoms with Gasteiger partial charge in [0.2, 0.25) is 0 Å². The predicted molar refractivity (Wildman–Crippen MR) is 48.6 cm³/mol. The molecule has 1 aromatic heterocycles. The molecule has 74 valence electrons. The standard InChI is InChI=1S/C7H8N4O3/c1-3-2-4(8)5-6(9-3)10-14-11(5)7(12)13/h2H,1H3,(H,12,13)(H3,8,9,10). The highest BCUT2D eigenvalue weighted by Crippen LogP contribution is 2.36. The van der Waals surface area contributed by atoms with Crippen LogP contribution in [-0.2, 0) is 4.94 Å². The Bertz CT molecular complexity index is 406. The van der Waals surface area contributed by atoms with Crippen molar-refractivity contribution in [3.63, 3.8) is 0 Å². The molecule has 0 bridgehead atoms. The fourth-order valence-corrected chi connectivity index (χ4v) is 1.25. The van der Waals surface area contributed by atoms with Gasteiger partial charge in [-0.25, -0.2) is 15.3 Å². The number of fused-ring (bicyclic) bond motifs is 1. The average Bonchev–Trinajstić information content (AvgIpc) is 2.47. The molecule has 0 saturated carbocycles. The van der Waals surface area contributed by atoms with E-state index in [1.807, 2.05) is 0 Å². The summed E-state index contributed by atoms with van der Waals surface area (Å²) in [7, 11) is 0. The number of hydrogen-bond donors (Lipinski definition) is 3. The van der Waals surface area contributed by atoms with Gasteiger partial charge in [-0.15, -0.1) is 10.0 Å². The zero-order valence-corrected chi connectivity index (χ0v) is 7.31. The largest absolute Gasteiger partial charge is 0.463 e. The minimum absolute atomic E-state index is 0.225. The zero-order chi connectivity index (χ0) is 10.3. The summed E-state index contributed by atoms with van der Waals surface area (Å²) in [4.78, 5) is 19.4. The average molecular weight is 196 g/mol. The summed E-state index contributed by atoms with van der Waals surface area (Å²) in [6.07, 6.45) is -1.26. The second-order valence-corrected chi connectivity index (χ2v) is 2.82. The Morgan fingerprint density at radius 3 is 3.14 bits per heavy atom. The summed E-state index contributed by atoms with van der Waals surface area (Å²) in [5.74, 6) is 0.310. The van der Waals surface area contributed by atoms with Crippen molar-refractivity contribution < 1.29 is 14.8 Å². The molecule has 0 fully saturated rings. The molecule has 2 rings (SSSR count). The molecule has 0 aromatic carbocycles. The fraction of sp³-hybridized carbons (Fsp3) is 0.143. The first kappa shape index (κ1) is 8.57. The molecule has 7 nitrogen and oxygen atoms in total. The van der Waals surface area contributed by atoms with Crippen LogP contribution in [0.1, 0.15) is 5.69 Å². The Morgan fingerprint density at radius 2 is 2.50 bits per heavy atom. The summed E-state index contributed by atoms with van der Waals surface area (Å²) < 4.78 is 0. The molecule has 7 heteroatoms. The molecule has 2 heterocycles. The van der Waals surface area contributed by atoms with Gasteiger partial charge in [0.25, 0.3) is 0 Å². The highest BCUT2D eigenvalue weighted by atomic mass is 16.8. The van der Waals surface area contributed by atoms with Crippen LogP contribution in [0.15, 0.2) is 6.07 Å². The van der Waals surface area contributed by atoms with Crippen molar-refractivity contribution >= 4 is 23.3 Å². The highest BCUT2D eigenvalue weighted by molar-refractivity contribution is 5.95. The lowest BCUT2D eigenvalue weighted by Gasteiger charge is -2.09. The molecule has 0 atom stereocenters. The number of pyridine rings is 1. The normalized spacial score (nSPS) is 13.6. The fourth-order valence-electron chi connectivity index (χ4n) is 1.25. The van der Waals surface area contributed by atoms with Gasteiger partial charge in [0.1, 0.15) is 5.69 Å². The van der Waals surface area contributed by atoms with Crippen molar-refractivity contribution in [2.24, 2.45) is 0 Å². The van der Waals surface area contributed by atoms with Crippen LogP contribution in [-0.4, -0.2) is 16.2 Å². The number of rotatable bonds is 0. The molecule has 1 amide bonds. The first-order valence-electron chi connectivity index (χ1n) is 3.82. The molecule has 0 saturated heterocycles. The second-order valence-electron chi connectivity index (χ2n) is 2.82. The van der Waals surface area contributed by atoms with Gasteiger partial charge in [-0.1, -0.05) is 0 Å². The Balaban J connectivity index is 2.54. The van der Waals surface area contributed by atoms with Gasteiger partial charge in [0, 0.05) is 5.69 Å². The van der Waals surface area contributed by atoms with Crippen molar-refractivity contribution in [1.82, 2.24) is 4.98 Å². The number of nitrogens with zero attached hydrogens (tertiary/aromatic N) is 2. The van der Waals surface area contributed by atoms with Crippen LogP contribution >= 0.6 is 0 Å². The van der Waals surface area contributed by atoms with E-state index in [2.05, 4.69) is 15.4 Å². The quantitative estimate of drug-likeness (QED) is 0.565. The Morgan fingerprint density at radius 1 is 1.79 bits per heavy atom. The van der Waals surface area contributed by atoms with E-state index in [1.54, 1.807) is 13.0 Å². The monoisotopic (exact) mass is 196 g/mol. The maximum absolute atomic E-state index is 10.7. The van der Waals surface area contributed by atoms with Crippen molar-refractivity contribution in [2.45, 2.75) is 6.92 Å². The summed E-state index contributed by atoms with van der Waals surface area (Å²) in [5, 5.41) is 9.37. The number of carbonyl (C=O) groups is 1. The van der Waals surface area contributed by atoms with Gasteiger partial charge >= 0.3 is 6.09 Å². The van der Waals surface area contributed by atoms with Crippen LogP contribution in [0.2, 0.25) is 0 Å². The van der Waals surface area contributed by atoms with E-state index in [1.165, 1.54) is 0 Å². The third-order valence-corrected chi connectivity index (χ3v) is 1.76. The Kier molecular flexibility index (Phi) is 1.68. The van der Waals surface area contributed by atoms with Crippen LogP contribution in [0, 0.1) is 6.92 Å². The number of hydrogen-bond acceptors (Lipinski definition) is 5. The van der Waals surface area contributed by atoms with E-state index in [9.17, 15) is 4.79 Å². The number of hydroxylamine groups is 1. The van der Waals surface area contributed by atoms with E-state index in [0.717, 1.165) is 0 Å². The smallest absolute Gasteiger partial charge is 0.438 e. The maximum atomic E-state index is 10.7. The molecular weight excluding hydrogens is 188 g/mol. The van der Waals surface area contributed by atoms with Crippen molar-refractivity contribution in [1.29, 1.82) is 0 Å². The Labute approximate surface area is 79.0 Å². The molecule has 0 radical (unpaired) electrons. The number of amides is 1. The molecule has 1 aliphatic rings. The molecule has 4 N–H and O–H groups in total. The van der Waals surface area contributed by atoms with Crippen molar-refractivity contribution in [2.75, 3.05) is 16.3 Å². The van der Waals surface area contributed by atoms with Crippen LogP contribution in [0.4, 0.5) is 22.0 Å². The van der Waals surface area contributed by atoms with Crippen LogP contribution in [0.25, 0.3) is 0 Å². The van der Waals surface area contributed by atoms with Crippen LogP contribution in [0.3, 0.4) is 0 Å². The van der Waals surface area contributed by atoms with Crippen LogP contribution < -0.4 is 16.3 Å². The number of carboxylic acid groups (broad SMARTS) is 1. The van der Waals surface area contributed by atoms with E-state index < -0.39 is 6.09 Å². The van der Waals surface area contributed by atoms with Crippen molar-refractivity contribution in [3.05, 3.63) is 11.8 Å². The first-order valence-corrected chi connectivity index (χ1v) is 3.82. The molecule has 0 unspecified atom stereocenters. The molecule has 1 aromatic rings. The van der Waals surface area contributed by atoms with Crippen LogP contribution in [0.5, 0.6) is 0 Å². The summed E-state index contributed by atoms with van der Waals surface area (Å²) in [6.45, 7) is 1.75. The molecule has 0 aliphatic carbocycles. The van der Waals surface area contributed by atoms with Gasteiger partial charge in [0.05, 0.1) is 5.69 Å². The van der Waals surface area contributed by atoms with E-state index in [-0.39, 0.29) is 5.69 Å². The Hall–Kier alpha value is -2.02. The summed E-state index contributed by atoms with van der Waals surface area (Å²) in [5.41, 5.74) is 9.22. The zero-order valence-electron chi connectivity index (χ0n) is 7.31. The number of anilines is 3. The van der Waals surface area contributed by atoms with Gasteiger partial charge in [-0.05, 0) is 13.0 Å². The molecule has 1 aliphatic heterocycles. The number of nitrogen functional groups attached to an aromatic ring is 1. The minimum Gasteiger partial charge on any atom is -0.463 e. The van der Waals surface area contributed by atoms with Gasteiger partial charge in [-0.2, -0.15) is 0 Å². The number of aryl methyl sites for hydroxylation is 1.